The summed E-state index contributed by atoms with van der Waals surface area (Å²) in [6.45, 7) is 11.2. The van der Waals surface area contributed by atoms with Crippen molar-refractivity contribution in [3.05, 3.63) is 34.7 Å². The van der Waals surface area contributed by atoms with Gasteiger partial charge in [-0.05, 0) is 17.4 Å². The molecule has 0 aliphatic carbocycles. The summed E-state index contributed by atoms with van der Waals surface area (Å²) in [6, 6.07) is 9.13. The molecule has 0 atom stereocenters. The van der Waals surface area contributed by atoms with E-state index in [1.54, 1.807) is 0 Å². The first-order valence-corrected chi connectivity index (χ1v) is 8.20. The summed E-state index contributed by atoms with van der Waals surface area (Å²) in [5.41, 5.74) is 1.36. The van der Waals surface area contributed by atoms with Crippen molar-refractivity contribution >= 4 is 21.4 Å². The molecule has 0 aliphatic rings. The molecule has 0 amide bonds. The Morgan fingerprint density at radius 2 is 1.90 bits per heavy atom. The first-order valence-electron chi connectivity index (χ1n) is 7.38. The SMILES string of the molecule is CC(C)COCc1c(CNC(C)C)sc2ccccc12. The molecular formula is C17H25NOS. The van der Waals surface area contributed by atoms with E-state index in [1.165, 1.54) is 20.5 Å². The standard InChI is InChI=1S/C17H25NOS/c1-12(2)10-19-11-15-14-7-5-6-8-16(14)20-17(15)9-18-13(3)4/h5-8,12-13,18H,9-11H2,1-4H3. The van der Waals surface area contributed by atoms with Gasteiger partial charge in [0.1, 0.15) is 0 Å². The summed E-state index contributed by atoms with van der Waals surface area (Å²) in [5, 5.41) is 4.87. The van der Waals surface area contributed by atoms with Crippen LogP contribution in [-0.2, 0) is 17.9 Å². The Morgan fingerprint density at radius 1 is 1.15 bits per heavy atom. The molecule has 0 saturated carbocycles. The molecule has 2 rings (SSSR count). The minimum Gasteiger partial charge on any atom is -0.376 e. The van der Waals surface area contributed by atoms with Gasteiger partial charge in [-0.3, -0.25) is 0 Å². The van der Waals surface area contributed by atoms with E-state index in [0.29, 0.717) is 12.0 Å². The van der Waals surface area contributed by atoms with E-state index < -0.39 is 0 Å². The molecule has 1 aromatic carbocycles. The predicted molar refractivity (Wildman–Crippen MR) is 88.3 cm³/mol. The van der Waals surface area contributed by atoms with Gasteiger partial charge >= 0.3 is 0 Å². The zero-order valence-corrected chi connectivity index (χ0v) is 13.7. The van der Waals surface area contributed by atoms with Crippen LogP contribution in [0.4, 0.5) is 0 Å². The zero-order valence-electron chi connectivity index (χ0n) is 12.9. The van der Waals surface area contributed by atoms with Crippen molar-refractivity contribution in [2.75, 3.05) is 6.61 Å². The van der Waals surface area contributed by atoms with Crippen LogP contribution >= 0.6 is 11.3 Å². The maximum absolute atomic E-state index is 5.87. The van der Waals surface area contributed by atoms with Crippen molar-refractivity contribution in [1.82, 2.24) is 5.32 Å². The third kappa shape index (κ3) is 4.05. The molecule has 0 saturated heterocycles. The lowest BCUT2D eigenvalue weighted by atomic mass is 10.1. The normalized spacial score (nSPS) is 11.9. The highest BCUT2D eigenvalue weighted by Crippen LogP contribution is 2.32. The Balaban J connectivity index is 2.20. The Bertz CT molecular complexity index is 545. The highest BCUT2D eigenvalue weighted by atomic mass is 32.1. The molecule has 0 spiro atoms. The van der Waals surface area contributed by atoms with Gasteiger partial charge in [0.25, 0.3) is 0 Å². The fourth-order valence-electron chi connectivity index (χ4n) is 2.14. The first-order chi connectivity index (χ1) is 9.58. The summed E-state index contributed by atoms with van der Waals surface area (Å²) >= 11 is 1.88. The third-order valence-corrected chi connectivity index (χ3v) is 4.36. The Labute approximate surface area is 126 Å². The molecule has 0 radical (unpaired) electrons. The van der Waals surface area contributed by atoms with E-state index >= 15 is 0 Å². The second-order valence-corrected chi connectivity index (χ2v) is 7.08. The molecule has 0 fully saturated rings. The Kier molecular flexibility index (Phi) is 5.58. The molecule has 0 bridgehead atoms. The van der Waals surface area contributed by atoms with Crippen LogP contribution in [0, 0.1) is 5.92 Å². The van der Waals surface area contributed by atoms with Gasteiger partial charge in [0.15, 0.2) is 0 Å². The van der Waals surface area contributed by atoms with Gasteiger partial charge in [-0.2, -0.15) is 0 Å². The quantitative estimate of drug-likeness (QED) is 0.806. The minimum atomic E-state index is 0.504. The van der Waals surface area contributed by atoms with Crippen LogP contribution in [0.3, 0.4) is 0 Å². The second kappa shape index (κ2) is 7.21. The topological polar surface area (TPSA) is 21.3 Å². The van der Waals surface area contributed by atoms with E-state index in [4.69, 9.17) is 4.74 Å². The average Bonchev–Trinajstić information content (AvgIpc) is 2.74. The molecule has 0 unspecified atom stereocenters. The van der Waals surface area contributed by atoms with Crippen LogP contribution in [0.5, 0.6) is 0 Å². The average molecular weight is 291 g/mol. The predicted octanol–water partition coefficient (Wildman–Crippen LogP) is 4.57. The van der Waals surface area contributed by atoms with Crippen LogP contribution in [0.15, 0.2) is 24.3 Å². The van der Waals surface area contributed by atoms with E-state index in [-0.39, 0.29) is 0 Å². The number of hydrogen-bond acceptors (Lipinski definition) is 3. The second-order valence-electron chi connectivity index (χ2n) is 5.94. The molecule has 2 aromatic rings. The zero-order chi connectivity index (χ0) is 14.5. The van der Waals surface area contributed by atoms with Crippen LogP contribution < -0.4 is 5.32 Å². The fraction of sp³-hybridized carbons (Fsp3) is 0.529. The van der Waals surface area contributed by atoms with E-state index in [9.17, 15) is 0 Å². The number of fused-ring (bicyclic) bond motifs is 1. The third-order valence-electron chi connectivity index (χ3n) is 3.15. The number of hydrogen-bond donors (Lipinski definition) is 1. The van der Waals surface area contributed by atoms with Gasteiger partial charge in [-0.1, -0.05) is 45.9 Å². The smallest absolute Gasteiger partial charge is 0.0734 e. The van der Waals surface area contributed by atoms with Crippen LogP contribution in [0.2, 0.25) is 0 Å². The van der Waals surface area contributed by atoms with Crippen LogP contribution in [0.1, 0.15) is 38.1 Å². The van der Waals surface area contributed by atoms with Gasteiger partial charge in [-0.25, -0.2) is 0 Å². The van der Waals surface area contributed by atoms with Crippen molar-refractivity contribution in [1.29, 1.82) is 0 Å². The van der Waals surface area contributed by atoms with Crippen molar-refractivity contribution in [2.45, 2.75) is 46.9 Å². The molecule has 2 nitrogen and oxygen atoms in total. The molecule has 1 N–H and O–H groups in total. The Hall–Kier alpha value is -0.900. The fourth-order valence-corrected chi connectivity index (χ4v) is 3.30. The van der Waals surface area contributed by atoms with E-state index in [0.717, 1.165) is 19.8 Å². The first kappa shape index (κ1) is 15.5. The molecule has 110 valence electrons. The number of thiophene rings is 1. The molecular weight excluding hydrogens is 266 g/mol. The van der Waals surface area contributed by atoms with Gasteiger partial charge in [0, 0.05) is 34.3 Å². The highest BCUT2D eigenvalue weighted by molar-refractivity contribution is 7.19. The number of ether oxygens (including phenoxy) is 1. The van der Waals surface area contributed by atoms with Gasteiger partial charge < -0.3 is 10.1 Å². The van der Waals surface area contributed by atoms with E-state index in [1.807, 2.05) is 11.3 Å². The molecule has 20 heavy (non-hydrogen) atoms. The lowest BCUT2D eigenvalue weighted by Crippen LogP contribution is -2.21. The number of rotatable bonds is 7. The number of benzene rings is 1. The minimum absolute atomic E-state index is 0.504. The van der Waals surface area contributed by atoms with Crippen molar-refractivity contribution in [3.8, 4) is 0 Å². The lowest BCUT2D eigenvalue weighted by molar-refractivity contribution is 0.0975. The molecule has 1 heterocycles. The summed E-state index contributed by atoms with van der Waals surface area (Å²) < 4.78 is 7.23. The molecule has 1 aromatic heterocycles. The van der Waals surface area contributed by atoms with Gasteiger partial charge in [0.05, 0.1) is 6.61 Å². The number of nitrogens with one attached hydrogen (secondary N) is 1. The Morgan fingerprint density at radius 3 is 2.60 bits per heavy atom. The van der Waals surface area contributed by atoms with Crippen molar-refractivity contribution in [2.24, 2.45) is 5.92 Å². The summed E-state index contributed by atoms with van der Waals surface area (Å²) in [7, 11) is 0. The monoisotopic (exact) mass is 291 g/mol. The maximum Gasteiger partial charge on any atom is 0.0734 e. The summed E-state index contributed by atoms with van der Waals surface area (Å²) in [4.78, 5) is 1.41. The summed E-state index contributed by atoms with van der Waals surface area (Å²) in [5.74, 6) is 0.581. The summed E-state index contributed by atoms with van der Waals surface area (Å²) in [6.07, 6.45) is 0. The van der Waals surface area contributed by atoms with Crippen LogP contribution in [-0.4, -0.2) is 12.6 Å². The maximum atomic E-state index is 5.87. The van der Waals surface area contributed by atoms with Crippen LogP contribution in [0.25, 0.3) is 10.1 Å². The van der Waals surface area contributed by atoms with E-state index in [2.05, 4.69) is 57.3 Å². The molecule has 0 aliphatic heterocycles. The molecule has 3 heteroatoms. The van der Waals surface area contributed by atoms with Crippen molar-refractivity contribution in [3.63, 3.8) is 0 Å². The van der Waals surface area contributed by atoms with Gasteiger partial charge in [0.2, 0.25) is 0 Å². The lowest BCUT2D eigenvalue weighted by Gasteiger charge is -2.10. The van der Waals surface area contributed by atoms with Crippen molar-refractivity contribution < 1.29 is 4.74 Å². The van der Waals surface area contributed by atoms with Gasteiger partial charge in [-0.15, -0.1) is 11.3 Å². The largest absolute Gasteiger partial charge is 0.376 e. The highest BCUT2D eigenvalue weighted by Gasteiger charge is 2.12.